The Kier molecular flexibility index (Phi) is 11.7. The predicted molar refractivity (Wildman–Crippen MR) is 109 cm³/mol. The van der Waals surface area contributed by atoms with Crippen molar-refractivity contribution in [2.45, 2.75) is 0 Å². The number of rotatable bonds is 2. The zero-order valence-corrected chi connectivity index (χ0v) is 16.8. The van der Waals surface area contributed by atoms with Crippen LogP contribution in [0, 0.1) is 22.7 Å². The minimum atomic E-state index is 0. The van der Waals surface area contributed by atoms with Gasteiger partial charge in [0.15, 0.2) is 0 Å². The van der Waals surface area contributed by atoms with Gasteiger partial charge >= 0.3 is 16.5 Å². The maximum atomic E-state index is 8.50. The van der Waals surface area contributed by atoms with Crippen LogP contribution in [0.5, 0.6) is 0 Å². The van der Waals surface area contributed by atoms with Crippen molar-refractivity contribution in [1.29, 1.82) is 10.5 Å². The van der Waals surface area contributed by atoms with Gasteiger partial charge < -0.3 is 35.6 Å². The monoisotopic (exact) mass is 444 g/mol. The minimum Gasteiger partial charge on any atom is -0.788 e. The van der Waals surface area contributed by atoms with Crippen molar-refractivity contribution in [2.24, 2.45) is 4.99 Å². The molecule has 0 saturated carbocycles. The third kappa shape index (κ3) is 9.98. The Labute approximate surface area is 178 Å². The van der Waals surface area contributed by atoms with E-state index >= 15 is 0 Å². The summed E-state index contributed by atoms with van der Waals surface area (Å²) < 4.78 is 0.597. The Morgan fingerprint density at radius 1 is 0.960 bits per heavy atom. The molecule has 9 heteroatoms. The van der Waals surface area contributed by atoms with Gasteiger partial charge in [-0.15, -0.1) is 12.6 Å². The number of aliphatic imine (C=N–C) groups is 1. The molecule has 0 fully saturated rings. The topological polar surface area (TPSA) is 72.0 Å². The Morgan fingerprint density at radius 2 is 1.40 bits per heavy atom. The largest absolute Gasteiger partial charge is 2.00 e. The number of benzene rings is 2. The molecule has 2 aromatic rings. The fourth-order valence-electron chi connectivity index (χ4n) is 1.47. The number of thiol groups is 1. The molecule has 0 saturated heterocycles. The molecule has 0 radical (unpaired) electrons. The van der Waals surface area contributed by atoms with Crippen LogP contribution in [0.25, 0.3) is 0 Å². The van der Waals surface area contributed by atoms with E-state index in [4.69, 9.17) is 22.7 Å². The molecular weight excluding hydrogens is 435 g/mol. The first-order chi connectivity index (χ1) is 11.4. The van der Waals surface area contributed by atoms with E-state index in [-0.39, 0.29) is 20.9 Å². The van der Waals surface area contributed by atoms with Gasteiger partial charge in [-0.3, -0.25) is 0 Å². The molecule has 0 aromatic heterocycles. The van der Waals surface area contributed by atoms with E-state index in [9.17, 15) is 0 Å². The van der Waals surface area contributed by atoms with E-state index in [2.05, 4.69) is 48.2 Å². The zero-order valence-electron chi connectivity index (χ0n) is 12.4. The molecule has 0 atom stereocenters. The molecule has 25 heavy (non-hydrogen) atoms. The molecule has 0 heterocycles. The molecule has 0 unspecified atom stereocenters. The Bertz CT molecular complexity index is 802. The van der Waals surface area contributed by atoms with E-state index in [1.54, 1.807) is 48.5 Å². The van der Waals surface area contributed by atoms with Crippen molar-refractivity contribution in [1.82, 2.24) is 0 Å². The van der Waals surface area contributed by atoms with Gasteiger partial charge in [-0.05, 0) is 48.5 Å². The van der Waals surface area contributed by atoms with Crippen molar-refractivity contribution < 1.29 is 16.5 Å². The van der Waals surface area contributed by atoms with Crippen molar-refractivity contribution in [3.05, 3.63) is 59.7 Å². The first kappa shape index (κ1) is 23.3. The molecule has 2 aromatic carbocycles. The number of nitriles is 2. The maximum Gasteiger partial charge on any atom is 2.00 e. The van der Waals surface area contributed by atoms with Crippen LogP contribution in [0.15, 0.2) is 53.5 Å². The van der Waals surface area contributed by atoms with Crippen LogP contribution in [0.2, 0.25) is 0 Å². The van der Waals surface area contributed by atoms with Gasteiger partial charge in [0, 0.05) is 5.69 Å². The average Bonchev–Trinajstić information content (AvgIpc) is 2.56. The third-order valence-electron chi connectivity index (χ3n) is 2.48. The molecule has 1 N–H and O–H groups in total. The predicted octanol–water partition coefficient (Wildman–Crippen LogP) is 3.82. The Balaban J connectivity index is 0.000000443. The van der Waals surface area contributed by atoms with Gasteiger partial charge in [0.05, 0.1) is 29.0 Å². The molecule has 4 nitrogen and oxygen atoms in total. The number of nitrogens with zero attached hydrogens (tertiary/aromatic N) is 3. The first-order valence-electron chi connectivity index (χ1n) is 6.37. The summed E-state index contributed by atoms with van der Waals surface area (Å²) in [6.45, 7) is 0. The Hall–Kier alpha value is -1.74. The SMILES string of the molecule is N#Cc1ccc(N=C([S-])[S-])cc1.N#Cc1ccc(NC(=S)S)cc1.[Ni+2]. The van der Waals surface area contributed by atoms with E-state index in [0.717, 1.165) is 5.69 Å². The summed E-state index contributed by atoms with van der Waals surface area (Å²) in [6.07, 6.45) is 0. The summed E-state index contributed by atoms with van der Waals surface area (Å²) >= 11 is 17.9. The second kappa shape index (κ2) is 12.6. The third-order valence-corrected chi connectivity index (χ3v) is 2.88. The van der Waals surface area contributed by atoms with Crippen LogP contribution in [0.3, 0.4) is 0 Å². The summed E-state index contributed by atoms with van der Waals surface area (Å²) in [4.78, 5) is 3.87. The summed E-state index contributed by atoms with van der Waals surface area (Å²) in [6, 6.07) is 17.8. The summed E-state index contributed by atoms with van der Waals surface area (Å²) in [7, 11) is 0. The number of nitrogens with one attached hydrogen (secondary N) is 1. The normalized spacial score (nSPS) is 8.28. The van der Waals surface area contributed by atoms with E-state index in [1.165, 1.54) is 0 Å². The number of hydrogen-bond acceptors (Lipinski definition) is 6. The van der Waals surface area contributed by atoms with Crippen LogP contribution >= 0.6 is 24.8 Å². The minimum absolute atomic E-state index is 0. The van der Waals surface area contributed by atoms with E-state index in [0.29, 0.717) is 21.1 Å². The van der Waals surface area contributed by atoms with Crippen LogP contribution in [0.1, 0.15) is 11.1 Å². The van der Waals surface area contributed by atoms with Gasteiger partial charge in [-0.2, -0.15) is 10.5 Å². The molecule has 128 valence electrons. The molecule has 0 aliphatic rings. The van der Waals surface area contributed by atoms with Gasteiger partial charge in [0.2, 0.25) is 0 Å². The fourth-order valence-corrected chi connectivity index (χ4v) is 1.93. The Morgan fingerprint density at radius 3 is 1.76 bits per heavy atom. The number of thiocarbonyl (C=S) groups is 1. The van der Waals surface area contributed by atoms with Crippen LogP contribution in [-0.2, 0) is 41.7 Å². The van der Waals surface area contributed by atoms with E-state index in [1.807, 2.05) is 12.1 Å². The van der Waals surface area contributed by atoms with Gasteiger partial charge in [0.25, 0.3) is 0 Å². The second-order valence-corrected chi connectivity index (χ2v) is 6.35. The first-order valence-corrected chi connectivity index (χ1v) is 8.05. The van der Waals surface area contributed by atoms with Crippen molar-refractivity contribution >= 4 is 70.2 Å². The van der Waals surface area contributed by atoms with E-state index < -0.39 is 0 Å². The standard InChI is InChI=1S/2C8H6N2S2.Ni/c2*9-5-6-1-3-7(4-2-6)10-8(11)12;/h2*1-4H,(H2,10,11,12);/q;;+2/p-2. The average molecular weight is 445 g/mol. The molecule has 0 amide bonds. The summed E-state index contributed by atoms with van der Waals surface area (Å²) in [5, 5.41) is 19.8. The van der Waals surface area contributed by atoms with Gasteiger partial charge in [-0.25, -0.2) is 4.38 Å². The van der Waals surface area contributed by atoms with Crippen molar-refractivity contribution in [3.63, 3.8) is 0 Å². The molecular formula is C16H10N4NiS4. The summed E-state index contributed by atoms with van der Waals surface area (Å²) in [5.41, 5.74) is 2.76. The number of hydrogen-bond donors (Lipinski definition) is 2. The van der Waals surface area contributed by atoms with Gasteiger partial charge in [0.1, 0.15) is 4.32 Å². The second-order valence-electron chi connectivity index (χ2n) is 4.16. The zero-order chi connectivity index (χ0) is 17.9. The van der Waals surface area contributed by atoms with Crippen molar-refractivity contribution in [3.8, 4) is 12.1 Å². The maximum absolute atomic E-state index is 8.50. The van der Waals surface area contributed by atoms with Crippen LogP contribution < -0.4 is 5.32 Å². The molecule has 0 spiro atoms. The quantitative estimate of drug-likeness (QED) is 0.183. The number of anilines is 1. The molecule has 2 rings (SSSR count). The molecule has 0 aliphatic heterocycles. The molecule has 0 bridgehead atoms. The van der Waals surface area contributed by atoms with Crippen LogP contribution in [-0.4, -0.2) is 8.70 Å². The van der Waals surface area contributed by atoms with Crippen molar-refractivity contribution in [2.75, 3.05) is 5.32 Å². The fraction of sp³-hybridized carbons (Fsp3) is 0. The molecule has 0 aliphatic carbocycles. The smallest absolute Gasteiger partial charge is 0.788 e. The summed E-state index contributed by atoms with van der Waals surface area (Å²) in [5.74, 6) is 0. The van der Waals surface area contributed by atoms with Crippen LogP contribution in [0.4, 0.5) is 11.4 Å². The van der Waals surface area contributed by atoms with Gasteiger partial charge in [-0.1, -0.05) is 12.2 Å².